The summed E-state index contributed by atoms with van der Waals surface area (Å²) >= 11 is 0. The van der Waals surface area contributed by atoms with E-state index in [4.69, 9.17) is 4.74 Å². The maximum absolute atomic E-state index is 12.6. The molecule has 2 rings (SSSR count). The lowest BCUT2D eigenvalue weighted by Crippen LogP contribution is -2.42. The first kappa shape index (κ1) is 18.3. The minimum atomic E-state index is -0.388. The summed E-state index contributed by atoms with van der Waals surface area (Å²) in [6, 6.07) is 0. The third kappa shape index (κ3) is 3.89. The van der Waals surface area contributed by atoms with Crippen molar-refractivity contribution in [1.29, 1.82) is 0 Å². The maximum atomic E-state index is 12.6. The predicted octanol–water partition coefficient (Wildman–Crippen LogP) is 5.54. The van der Waals surface area contributed by atoms with Gasteiger partial charge in [-0.2, -0.15) is 0 Å². The fourth-order valence-corrected chi connectivity index (χ4v) is 4.00. The van der Waals surface area contributed by atoms with Gasteiger partial charge in [0.05, 0.1) is 5.41 Å². The van der Waals surface area contributed by atoms with E-state index in [0.717, 1.165) is 12.8 Å². The monoisotopic (exact) mass is 318 g/mol. The molecule has 2 heteroatoms. The van der Waals surface area contributed by atoms with Crippen molar-refractivity contribution >= 4 is 5.97 Å². The molecule has 0 fully saturated rings. The number of rotatable bonds is 5. The second-order valence-electron chi connectivity index (χ2n) is 8.26. The van der Waals surface area contributed by atoms with Gasteiger partial charge in [-0.25, -0.2) is 0 Å². The van der Waals surface area contributed by atoms with Crippen LogP contribution >= 0.6 is 0 Å². The molecule has 0 aromatic rings. The second-order valence-corrected chi connectivity index (χ2v) is 8.26. The van der Waals surface area contributed by atoms with Crippen LogP contribution in [0.5, 0.6) is 0 Å². The van der Waals surface area contributed by atoms with Crippen molar-refractivity contribution in [2.75, 3.05) is 0 Å². The molecule has 0 bridgehead atoms. The third-order valence-electron chi connectivity index (χ3n) is 5.91. The van der Waals surface area contributed by atoms with E-state index in [1.165, 1.54) is 18.4 Å². The molecule has 0 saturated heterocycles. The van der Waals surface area contributed by atoms with Crippen molar-refractivity contribution < 1.29 is 9.53 Å². The van der Waals surface area contributed by atoms with Gasteiger partial charge in [-0.3, -0.25) is 4.79 Å². The van der Waals surface area contributed by atoms with Crippen LogP contribution in [0.3, 0.4) is 0 Å². The Kier molecular flexibility index (Phi) is 5.75. The number of ether oxygens (including phenoxy) is 1. The molecular formula is C21H34O2. The van der Waals surface area contributed by atoms with E-state index >= 15 is 0 Å². The number of hydrogen-bond acceptors (Lipinski definition) is 2. The first-order valence-corrected chi connectivity index (χ1v) is 9.41. The van der Waals surface area contributed by atoms with E-state index in [1.54, 1.807) is 0 Å². The molecule has 23 heavy (non-hydrogen) atoms. The lowest BCUT2D eigenvalue weighted by molar-refractivity contribution is -0.164. The van der Waals surface area contributed by atoms with Crippen LogP contribution in [-0.2, 0) is 9.53 Å². The highest BCUT2D eigenvalue weighted by molar-refractivity contribution is 5.76. The van der Waals surface area contributed by atoms with E-state index in [1.807, 2.05) is 13.8 Å². The Morgan fingerprint density at radius 2 is 2.00 bits per heavy atom. The first-order chi connectivity index (χ1) is 10.8. The summed E-state index contributed by atoms with van der Waals surface area (Å²) in [5.74, 6) is 1.97. The van der Waals surface area contributed by atoms with Crippen LogP contribution in [0, 0.1) is 29.1 Å². The molecule has 5 atom stereocenters. The number of fused-ring (bicyclic) bond motifs is 1. The Hall–Kier alpha value is -1.05. The highest BCUT2D eigenvalue weighted by Gasteiger charge is 2.42. The standard InChI is InChI=1S/C21H34O2/c1-7-9-17-15(4)10-11-16-12-14(3)13-18(19(16)17)23-20(22)21(5,6)8-2/h10-12,14-15,17-19H,7-9,13H2,1-6H3/t14-,15-,17?,18-,19-/m0/s1. The number of hydrogen-bond donors (Lipinski definition) is 0. The number of esters is 1. The zero-order valence-electron chi connectivity index (χ0n) is 15.8. The van der Waals surface area contributed by atoms with Crippen LogP contribution in [0.25, 0.3) is 0 Å². The van der Waals surface area contributed by atoms with Gasteiger partial charge in [0.15, 0.2) is 0 Å². The summed E-state index contributed by atoms with van der Waals surface area (Å²) in [6.07, 6.45) is 11.2. The van der Waals surface area contributed by atoms with Crippen molar-refractivity contribution in [3.05, 3.63) is 23.8 Å². The van der Waals surface area contributed by atoms with Crippen LogP contribution in [0.4, 0.5) is 0 Å². The first-order valence-electron chi connectivity index (χ1n) is 9.41. The smallest absolute Gasteiger partial charge is 0.311 e. The van der Waals surface area contributed by atoms with Crippen LogP contribution in [0.15, 0.2) is 23.8 Å². The molecule has 2 aliphatic rings. The normalized spacial score (nSPS) is 33.8. The van der Waals surface area contributed by atoms with Crippen molar-refractivity contribution in [3.8, 4) is 0 Å². The molecule has 0 N–H and O–H groups in total. The van der Waals surface area contributed by atoms with Crippen LogP contribution < -0.4 is 0 Å². The van der Waals surface area contributed by atoms with Gasteiger partial charge in [0.1, 0.15) is 6.10 Å². The lowest BCUT2D eigenvalue weighted by Gasteiger charge is -2.43. The average Bonchev–Trinajstić information content (AvgIpc) is 2.50. The summed E-state index contributed by atoms with van der Waals surface area (Å²) < 4.78 is 6.10. The van der Waals surface area contributed by atoms with Crippen LogP contribution in [0.2, 0.25) is 0 Å². The molecule has 0 aliphatic heterocycles. The van der Waals surface area contributed by atoms with E-state index in [9.17, 15) is 4.79 Å². The molecular weight excluding hydrogens is 284 g/mol. The van der Waals surface area contributed by atoms with Gasteiger partial charge in [0.2, 0.25) is 0 Å². The molecule has 0 aromatic heterocycles. The van der Waals surface area contributed by atoms with Crippen molar-refractivity contribution in [1.82, 2.24) is 0 Å². The predicted molar refractivity (Wildman–Crippen MR) is 96.0 cm³/mol. The van der Waals surface area contributed by atoms with E-state index < -0.39 is 0 Å². The van der Waals surface area contributed by atoms with Crippen molar-refractivity contribution in [2.45, 2.75) is 73.3 Å². The fraction of sp³-hybridized carbons (Fsp3) is 0.762. The summed E-state index contributed by atoms with van der Waals surface area (Å²) in [5, 5.41) is 0. The van der Waals surface area contributed by atoms with Gasteiger partial charge in [0, 0.05) is 5.92 Å². The molecule has 0 saturated carbocycles. The second kappa shape index (κ2) is 7.23. The third-order valence-corrected chi connectivity index (χ3v) is 5.91. The van der Waals surface area contributed by atoms with Gasteiger partial charge in [-0.05, 0) is 56.4 Å². The molecule has 0 heterocycles. The molecule has 0 aromatic carbocycles. The lowest BCUT2D eigenvalue weighted by atomic mass is 9.65. The van der Waals surface area contributed by atoms with E-state index in [-0.39, 0.29) is 17.5 Å². The van der Waals surface area contributed by atoms with E-state index in [0.29, 0.717) is 23.7 Å². The highest BCUT2D eigenvalue weighted by Crippen LogP contribution is 2.45. The molecule has 0 spiro atoms. The number of carbonyl (C=O) groups is 1. The summed E-state index contributed by atoms with van der Waals surface area (Å²) in [4.78, 5) is 12.6. The molecule has 2 aliphatic carbocycles. The largest absolute Gasteiger partial charge is 0.461 e. The molecule has 2 nitrogen and oxygen atoms in total. The Balaban J connectivity index is 2.26. The minimum absolute atomic E-state index is 0.0316. The van der Waals surface area contributed by atoms with Gasteiger partial charge in [-0.15, -0.1) is 0 Å². The Labute approximate surface area is 142 Å². The van der Waals surface area contributed by atoms with Crippen molar-refractivity contribution in [2.24, 2.45) is 29.1 Å². The molecule has 0 amide bonds. The maximum Gasteiger partial charge on any atom is 0.311 e. The van der Waals surface area contributed by atoms with Gasteiger partial charge >= 0.3 is 5.97 Å². The van der Waals surface area contributed by atoms with Gasteiger partial charge in [-0.1, -0.05) is 52.3 Å². The Morgan fingerprint density at radius 1 is 1.30 bits per heavy atom. The molecule has 130 valence electrons. The van der Waals surface area contributed by atoms with Gasteiger partial charge < -0.3 is 4.74 Å². The van der Waals surface area contributed by atoms with E-state index in [2.05, 4.69) is 45.9 Å². The summed E-state index contributed by atoms with van der Waals surface area (Å²) in [6.45, 7) is 12.8. The Bertz CT molecular complexity index is 486. The zero-order valence-corrected chi connectivity index (χ0v) is 15.8. The SMILES string of the molecule is CCCC1[C@@H](C)C=CC2=C[C@H](C)C[C@H](OC(=O)C(C)(C)CC)[C@@H]21. The minimum Gasteiger partial charge on any atom is -0.461 e. The highest BCUT2D eigenvalue weighted by atomic mass is 16.5. The molecule has 0 radical (unpaired) electrons. The van der Waals surface area contributed by atoms with Crippen molar-refractivity contribution in [3.63, 3.8) is 0 Å². The number of allylic oxidation sites excluding steroid dienone is 3. The quantitative estimate of drug-likeness (QED) is 0.622. The van der Waals surface area contributed by atoms with Crippen LogP contribution in [-0.4, -0.2) is 12.1 Å². The fourth-order valence-electron chi connectivity index (χ4n) is 4.00. The topological polar surface area (TPSA) is 26.3 Å². The zero-order chi connectivity index (χ0) is 17.2. The number of carbonyl (C=O) groups excluding carboxylic acids is 1. The summed E-state index contributed by atoms with van der Waals surface area (Å²) in [5.41, 5.74) is 1.01. The van der Waals surface area contributed by atoms with Crippen LogP contribution in [0.1, 0.15) is 67.2 Å². The average molecular weight is 319 g/mol. The summed E-state index contributed by atoms with van der Waals surface area (Å²) in [7, 11) is 0. The Morgan fingerprint density at radius 3 is 2.61 bits per heavy atom. The van der Waals surface area contributed by atoms with Gasteiger partial charge in [0.25, 0.3) is 0 Å². The molecule has 1 unspecified atom stereocenters.